The van der Waals surface area contributed by atoms with Gasteiger partial charge in [0.15, 0.2) is 0 Å². The van der Waals surface area contributed by atoms with E-state index in [1.165, 1.54) is 11.1 Å². The third kappa shape index (κ3) is 3.12. The third-order valence-corrected chi connectivity index (χ3v) is 7.26. The van der Waals surface area contributed by atoms with Gasteiger partial charge in [0.1, 0.15) is 11.8 Å². The van der Waals surface area contributed by atoms with Gasteiger partial charge in [-0.05, 0) is 42.3 Å². The van der Waals surface area contributed by atoms with E-state index in [2.05, 4.69) is 42.6 Å². The number of aryl methyl sites for hydroxylation is 1. The Balaban J connectivity index is 1.50. The molecule has 0 N–H and O–H groups in total. The van der Waals surface area contributed by atoms with Crippen molar-refractivity contribution in [1.29, 1.82) is 0 Å². The smallest absolute Gasteiger partial charge is 0.249 e. The van der Waals surface area contributed by atoms with Gasteiger partial charge in [-0.1, -0.05) is 42.1 Å². The van der Waals surface area contributed by atoms with E-state index < -0.39 is 0 Å². The van der Waals surface area contributed by atoms with E-state index in [1.54, 1.807) is 23.1 Å². The Labute approximate surface area is 171 Å². The van der Waals surface area contributed by atoms with Crippen LogP contribution in [0.3, 0.4) is 0 Å². The fourth-order valence-corrected chi connectivity index (χ4v) is 5.72. The van der Waals surface area contributed by atoms with Crippen molar-refractivity contribution in [3.05, 3.63) is 57.8 Å². The Morgan fingerprint density at radius 2 is 2.11 bits per heavy atom. The molecule has 7 heteroatoms. The average molecular weight is 409 g/mol. The average Bonchev–Trinajstić information content (AvgIpc) is 3.35. The summed E-state index contributed by atoms with van der Waals surface area (Å²) >= 11 is 3.29. The Kier molecular flexibility index (Phi) is 4.64. The lowest BCUT2D eigenvalue weighted by molar-refractivity contribution is -0.122. The zero-order valence-corrected chi connectivity index (χ0v) is 17.2. The number of aromatic nitrogens is 3. The van der Waals surface area contributed by atoms with Crippen LogP contribution in [0.5, 0.6) is 0 Å². The van der Waals surface area contributed by atoms with Gasteiger partial charge in [-0.25, -0.2) is 9.67 Å². The number of thioether (sulfide) groups is 1. The summed E-state index contributed by atoms with van der Waals surface area (Å²) in [4.78, 5) is 23.3. The van der Waals surface area contributed by atoms with Crippen molar-refractivity contribution in [2.45, 2.75) is 43.1 Å². The van der Waals surface area contributed by atoms with Gasteiger partial charge < -0.3 is 0 Å². The molecule has 1 fully saturated rings. The second-order valence-corrected chi connectivity index (χ2v) is 9.14. The lowest BCUT2D eigenvalue weighted by Crippen LogP contribution is -2.39. The molecule has 2 atom stereocenters. The second-order valence-electron chi connectivity index (χ2n) is 7.22. The molecule has 1 aliphatic heterocycles. The first-order valence-electron chi connectivity index (χ1n) is 9.48. The van der Waals surface area contributed by atoms with Gasteiger partial charge >= 0.3 is 0 Å². The molecule has 0 spiro atoms. The highest BCUT2D eigenvalue weighted by molar-refractivity contribution is 7.98. The van der Waals surface area contributed by atoms with Crippen LogP contribution < -0.4 is 0 Å². The Hall–Kier alpha value is -2.25. The van der Waals surface area contributed by atoms with E-state index in [4.69, 9.17) is 15.1 Å². The van der Waals surface area contributed by atoms with E-state index in [-0.39, 0.29) is 17.7 Å². The summed E-state index contributed by atoms with van der Waals surface area (Å²) in [6.07, 6.45) is 2.38. The molecule has 2 aromatic heterocycles. The number of carbonyl (C=O) groups is 1. The Morgan fingerprint density at radius 3 is 2.93 bits per heavy atom. The number of hydrogen-bond acceptors (Lipinski definition) is 6. The Morgan fingerprint density at radius 1 is 1.21 bits per heavy atom. The van der Waals surface area contributed by atoms with Gasteiger partial charge in [0, 0.05) is 22.8 Å². The molecule has 5 nitrogen and oxygen atoms in total. The molecule has 3 heterocycles. The number of thiophene rings is 1. The van der Waals surface area contributed by atoms with Crippen molar-refractivity contribution in [2.24, 2.45) is 10.9 Å². The van der Waals surface area contributed by atoms with E-state index >= 15 is 0 Å². The number of benzene rings is 1. The number of carbonyl (C=O) groups excluding carboxylic acids is 1. The van der Waals surface area contributed by atoms with Gasteiger partial charge in [0.05, 0.1) is 5.92 Å². The summed E-state index contributed by atoms with van der Waals surface area (Å²) < 4.78 is 1.88. The van der Waals surface area contributed by atoms with Crippen LogP contribution in [0.1, 0.15) is 41.3 Å². The summed E-state index contributed by atoms with van der Waals surface area (Å²) in [5, 5.41) is 7.55. The topological polar surface area (TPSA) is 60.1 Å². The van der Waals surface area contributed by atoms with Gasteiger partial charge in [0.25, 0.3) is 0 Å². The molecule has 28 heavy (non-hydrogen) atoms. The molecule has 5 rings (SSSR count). The molecule has 2 aliphatic rings. The van der Waals surface area contributed by atoms with Crippen LogP contribution in [0, 0.1) is 12.8 Å². The molecule has 3 aromatic rings. The second kappa shape index (κ2) is 7.29. The minimum absolute atomic E-state index is 0.115. The summed E-state index contributed by atoms with van der Waals surface area (Å²) in [7, 11) is 0. The quantitative estimate of drug-likeness (QED) is 0.571. The number of hydrogen-bond donors (Lipinski definition) is 0. The van der Waals surface area contributed by atoms with Crippen LogP contribution in [-0.2, 0) is 10.5 Å². The molecular weight excluding hydrogens is 388 g/mol. The van der Waals surface area contributed by atoms with Crippen molar-refractivity contribution in [3.63, 3.8) is 0 Å². The maximum absolute atomic E-state index is 12.8. The summed E-state index contributed by atoms with van der Waals surface area (Å²) in [5.74, 6) is 1.53. The van der Waals surface area contributed by atoms with Crippen molar-refractivity contribution in [2.75, 3.05) is 0 Å². The number of rotatable bonds is 4. The number of Topliss-reactive ketones (excluding diaryl/α,β-unsaturated/α-hetero) is 1. The van der Waals surface area contributed by atoms with Crippen molar-refractivity contribution < 1.29 is 4.79 Å². The minimum atomic E-state index is -0.198. The van der Waals surface area contributed by atoms with Gasteiger partial charge in [-0.3, -0.25) is 4.79 Å². The lowest BCUT2D eigenvalue weighted by Gasteiger charge is -2.33. The highest BCUT2D eigenvalue weighted by atomic mass is 32.2. The molecule has 1 saturated carbocycles. The molecule has 1 aromatic carbocycles. The van der Waals surface area contributed by atoms with E-state index in [9.17, 15) is 4.79 Å². The summed E-state index contributed by atoms with van der Waals surface area (Å²) in [6.45, 7) is 2.12. The van der Waals surface area contributed by atoms with E-state index in [1.807, 2.05) is 10.7 Å². The van der Waals surface area contributed by atoms with Crippen molar-refractivity contribution in [1.82, 2.24) is 14.8 Å². The number of ketones is 1. The number of fused-ring (bicyclic) bond motifs is 2. The monoisotopic (exact) mass is 408 g/mol. The van der Waals surface area contributed by atoms with E-state index in [0.29, 0.717) is 12.4 Å². The lowest BCUT2D eigenvalue weighted by atomic mass is 9.79. The Bertz CT molecular complexity index is 1050. The molecule has 0 amide bonds. The van der Waals surface area contributed by atoms with Crippen LogP contribution in [0.2, 0.25) is 0 Å². The molecule has 1 aliphatic carbocycles. The minimum Gasteiger partial charge on any atom is -0.299 e. The first kappa shape index (κ1) is 17.8. The van der Waals surface area contributed by atoms with Crippen LogP contribution in [0.15, 0.2) is 51.9 Å². The first-order valence-corrected chi connectivity index (χ1v) is 11.3. The zero-order valence-electron chi connectivity index (χ0n) is 15.5. The predicted octanol–water partition coefficient (Wildman–Crippen LogP) is 4.99. The van der Waals surface area contributed by atoms with Gasteiger partial charge in [-0.15, -0.1) is 16.4 Å². The third-order valence-electron chi connectivity index (χ3n) is 5.43. The highest BCUT2D eigenvalue weighted by Crippen LogP contribution is 2.42. The maximum atomic E-state index is 12.8. The van der Waals surface area contributed by atoms with Crippen LogP contribution >= 0.6 is 23.1 Å². The molecule has 0 saturated heterocycles. The standard InChI is InChI=1S/C21H20N4OS2/c1-13-6-2-3-7-14(13)12-28-21-23-20-22-15-8-4-9-16(26)18(15)19(25(20)24-21)17-10-5-11-27-17/h2-3,5-7,10-11,18-19H,4,8-9,12H2,1H3. The number of aliphatic imine (C=N–C) groups is 1. The summed E-state index contributed by atoms with van der Waals surface area (Å²) in [5.41, 5.74) is 3.53. The molecule has 2 unspecified atom stereocenters. The number of nitrogens with zero attached hydrogens (tertiary/aromatic N) is 4. The molecule has 0 radical (unpaired) electrons. The zero-order chi connectivity index (χ0) is 19.1. The molecule has 142 valence electrons. The summed E-state index contributed by atoms with van der Waals surface area (Å²) in [6, 6.07) is 12.4. The van der Waals surface area contributed by atoms with Crippen LogP contribution in [0.4, 0.5) is 5.95 Å². The van der Waals surface area contributed by atoms with Crippen molar-refractivity contribution >= 4 is 40.5 Å². The first-order chi connectivity index (χ1) is 13.7. The van der Waals surface area contributed by atoms with Gasteiger partial charge in [0.2, 0.25) is 11.1 Å². The van der Waals surface area contributed by atoms with Crippen LogP contribution in [0.25, 0.3) is 0 Å². The molecular formula is C21H20N4OS2. The van der Waals surface area contributed by atoms with E-state index in [0.717, 1.165) is 34.3 Å². The fraction of sp³-hybridized carbons (Fsp3) is 0.333. The fourth-order valence-electron chi connectivity index (χ4n) is 3.97. The van der Waals surface area contributed by atoms with Crippen LogP contribution in [-0.4, -0.2) is 26.3 Å². The van der Waals surface area contributed by atoms with Crippen molar-refractivity contribution in [3.8, 4) is 0 Å². The predicted molar refractivity (Wildman–Crippen MR) is 113 cm³/mol. The SMILES string of the molecule is Cc1ccccc1CSc1nc2n(n1)C(c1cccs1)C1C(=O)CCCC1=N2. The normalized spacial score (nSPS) is 21.2. The molecule has 0 bridgehead atoms. The largest absolute Gasteiger partial charge is 0.299 e. The highest BCUT2D eigenvalue weighted by Gasteiger charge is 2.42. The maximum Gasteiger partial charge on any atom is 0.249 e. The van der Waals surface area contributed by atoms with Gasteiger partial charge in [-0.2, -0.15) is 4.98 Å².